The van der Waals surface area contributed by atoms with Crippen LogP contribution in [0.2, 0.25) is 0 Å². The van der Waals surface area contributed by atoms with Crippen LogP contribution in [0.15, 0.2) is 34.3 Å². The second-order valence-electron chi connectivity index (χ2n) is 14.7. The molecule has 1 aromatic carbocycles. The van der Waals surface area contributed by atoms with Gasteiger partial charge in [-0.1, -0.05) is 177 Å². The molecule has 0 amide bonds. The largest absolute Gasteiger partial charge is 1.00 e. The quantitative estimate of drug-likeness (QED) is 0.0121. The molecule has 0 aromatic heterocycles. The Morgan fingerprint density at radius 3 is 1.14 bits per heavy atom. The van der Waals surface area contributed by atoms with Gasteiger partial charge in [0, 0.05) is 24.3 Å². The molecule has 328 valence electrons. The molecule has 1 rings (SSSR count). The molecule has 0 heterocycles. The topological polar surface area (TPSA) is 203 Å². The molecule has 15 heteroatoms. The summed E-state index contributed by atoms with van der Waals surface area (Å²) in [6.45, 7) is 2.84. The van der Waals surface area contributed by atoms with Crippen LogP contribution in [0, 0.1) is 6.92 Å². The molecule has 1 aromatic rings. The maximum absolute atomic E-state index is 12.1. The van der Waals surface area contributed by atoms with Gasteiger partial charge in [0.25, 0.3) is 10.1 Å². The standard InChI is InChI=1S/C25H42O5S.C18H35N3O2.N3.Na/c1-23-18-20-24(21-19-23)31(27,28)30-22-16-14-12-10-8-6-4-3-5-7-9-11-13-15-17-25(26)29-2;1-23-18(22)16-14-12-10-8-6-4-2-3-5-7-9-11-13-15-17-20-21-19;1-3-2;/h18-21H,3-17,22H2,1-2H3;2-17H2,1H3;;/q;;-1;+1. The van der Waals surface area contributed by atoms with Crippen LogP contribution in [0.1, 0.15) is 198 Å². The number of methoxy groups -OCH3 is 2. The Kier molecular flexibility index (Phi) is 49.0. The molecule has 0 saturated heterocycles. The van der Waals surface area contributed by atoms with E-state index in [-0.39, 0.29) is 53.0 Å². The summed E-state index contributed by atoms with van der Waals surface area (Å²) in [4.78, 5) is 26.4. The van der Waals surface area contributed by atoms with Gasteiger partial charge in [-0.25, -0.2) is 0 Å². The summed E-state index contributed by atoms with van der Waals surface area (Å²) in [6, 6.07) is 6.76. The van der Waals surface area contributed by atoms with E-state index < -0.39 is 10.1 Å². The van der Waals surface area contributed by atoms with E-state index >= 15 is 0 Å². The number of carbonyl (C=O) groups is 2. The summed E-state index contributed by atoms with van der Waals surface area (Å²) in [7, 11) is -0.722. The van der Waals surface area contributed by atoms with Gasteiger partial charge in [0.1, 0.15) is 0 Å². The normalized spacial score (nSPS) is 10.4. The Labute approximate surface area is 374 Å². The smallest absolute Gasteiger partial charge is 0.469 e. The molecule has 0 fully saturated rings. The molecule has 0 radical (unpaired) electrons. The fourth-order valence-corrected chi connectivity index (χ4v) is 7.20. The van der Waals surface area contributed by atoms with Crippen molar-refractivity contribution in [2.45, 2.75) is 204 Å². The SMILES string of the molecule is COC(=O)CCCCCCCCCCCCCCCCN=[N+]=[N-].COC(=O)CCCCCCCCCCCCCCCCOS(=O)(=O)c1ccc(C)cc1.[N-]=[N+]=[N-].[Na+]. The van der Waals surface area contributed by atoms with E-state index in [9.17, 15) is 18.0 Å². The molecular formula is C43H77N6NaO7S. The summed E-state index contributed by atoms with van der Waals surface area (Å²) in [5.41, 5.74) is 22.7. The van der Waals surface area contributed by atoms with Gasteiger partial charge in [0.15, 0.2) is 0 Å². The minimum Gasteiger partial charge on any atom is -0.469 e. The fourth-order valence-electron chi connectivity index (χ4n) is 6.26. The molecule has 0 N–H and O–H groups in total. The molecule has 0 spiro atoms. The van der Waals surface area contributed by atoms with E-state index in [4.69, 9.17) is 20.8 Å². The number of esters is 2. The minimum atomic E-state index is -3.62. The van der Waals surface area contributed by atoms with Crippen molar-refractivity contribution in [2.24, 2.45) is 5.11 Å². The summed E-state index contributed by atoms with van der Waals surface area (Å²) in [5.74, 6) is -0.180. The van der Waals surface area contributed by atoms with Gasteiger partial charge < -0.3 is 20.5 Å². The van der Waals surface area contributed by atoms with Crippen LogP contribution in [0.5, 0.6) is 0 Å². The monoisotopic (exact) mass is 845 g/mol. The van der Waals surface area contributed by atoms with Crippen LogP contribution >= 0.6 is 0 Å². The van der Waals surface area contributed by atoms with Gasteiger partial charge >= 0.3 is 41.5 Å². The number of hydrogen-bond acceptors (Lipinski definition) is 8. The Morgan fingerprint density at radius 2 is 0.828 bits per heavy atom. The van der Waals surface area contributed by atoms with Crippen LogP contribution < -0.4 is 29.6 Å². The number of rotatable bonds is 36. The second-order valence-corrected chi connectivity index (χ2v) is 16.3. The number of hydrogen-bond donors (Lipinski definition) is 0. The molecule has 0 aliphatic rings. The summed E-state index contributed by atoms with van der Waals surface area (Å²) in [6.07, 6.45) is 35.2. The average molecular weight is 845 g/mol. The Balaban J connectivity index is -0.000000997. The van der Waals surface area contributed by atoms with E-state index in [1.54, 1.807) is 24.3 Å². The van der Waals surface area contributed by atoms with Crippen molar-refractivity contribution in [3.05, 3.63) is 56.2 Å². The molecule has 0 aliphatic heterocycles. The van der Waals surface area contributed by atoms with Crippen molar-refractivity contribution < 1.29 is 61.2 Å². The maximum atomic E-state index is 12.1. The molecule has 0 unspecified atom stereocenters. The van der Waals surface area contributed by atoms with Crippen LogP contribution in [0.25, 0.3) is 26.4 Å². The van der Waals surface area contributed by atoms with Gasteiger partial charge in [-0.15, -0.1) is 0 Å². The van der Waals surface area contributed by atoms with E-state index in [1.165, 1.54) is 148 Å². The van der Waals surface area contributed by atoms with Crippen molar-refractivity contribution in [1.29, 1.82) is 0 Å². The van der Waals surface area contributed by atoms with Crippen molar-refractivity contribution in [2.75, 3.05) is 27.4 Å². The van der Waals surface area contributed by atoms with Crippen molar-refractivity contribution in [1.82, 2.24) is 0 Å². The first kappa shape index (κ1) is 60.0. The summed E-state index contributed by atoms with van der Waals surface area (Å²) in [5, 5.41) is 3.54. The number of carbonyl (C=O) groups excluding carboxylic acids is 2. The number of azide groups is 1. The maximum Gasteiger partial charge on any atom is 1.00 e. The first-order chi connectivity index (χ1) is 27.7. The fraction of sp³-hybridized carbons (Fsp3) is 0.814. The molecule has 0 bridgehead atoms. The van der Waals surface area contributed by atoms with E-state index in [0.717, 1.165) is 56.9 Å². The predicted octanol–water partition coefficient (Wildman–Crippen LogP) is 10.9. The zero-order chi connectivity index (χ0) is 42.5. The molecule has 0 aliphatic carbocycles. The molecule has 13 nitrogen and oxygen atoms in total. The molecular weight excluding hydrogens is 768 g/mol. The number of benzene rings is 1. The van der Waals surface area contributed by atoms with Crippen LogP contribution in [-0.4, -0.2) is 47.7 Å². The zero-order valence-corrected chi connectivity index (χ0v) is 39.7. The first-order valence-corrected chi connectivity index (χ1v) is 23.2. The van der Waals surface area contributed by atoms with Gasteiger partial charge in [0.2, 0.25) is 0 Å². The van der Waals surface area contributed by atoms with Gasteiger partial charge in [-0.05, 0) is 50.3 Å². The Bertz CT molecular complexity index is 1280. The zero-order valence-electron chi connectivity index (χ0n) is 36.9. The van der Waals surface area contributed by atoms with Gasteiger partial charge in [-0.2, -0.15) is 8.42 Å². The number of nitrogens with zero attached hydrogens (tertiary/aromatic N) is 6. The predicted molar refractivity (Wildman–Crippen MR) is 231 cm³/mol. The number of aryl methyl sites for hydroxylation is 1. The molecule has 0 saturated carbocycles. The van der Waals surface area contributed by atoms with Crippen LogP contribution in [0.3, 0.4) is 0 Å². The van der Waals surface area contributed by atoms with Gasteiger partial charge in [0.05, 0.1) is 25.7 Å². The third kappa shape index (κ3) is 44.8. The van der Waals surface area contributed by atoms with Gasteiger partial charge in [-0.3, -0.25) is 18.7 Å². The van der Waals surface area contributed by atoms with Crippen molar-refractivity contribution in [3.63, 3.8) is 0 Å². The summed E-state index contributed by atoms with van der Waals surface area (Å²) < 4.78 is 38.6. The molecule has 58 heavy (non-hydrogen) atoms. The first-order valence-electron chi connectivity index (χ1n) is 21.8. The molecule has 0 atom stereocenters. The number of unbranched alkanes of at least 4 members (excludes halogenated alkanes) is 26. The average Bonchev–Trinajstić information content (AvgIpc) is 3.20. The summed E-state index contributed by atoms with van der Waals surface area (Å²) >= 11 is 0. The Hall–Kier alpha value is -2.31. The van der Waals surface area contributed by atoms with Crippen molar-refractivity contribution >= 4 is 22.1 Å². The van der Waals surface area contributed by atoms with Crippen molar-refractivity contribution in [3.8, 4) is 0 Å². The van der Waals surface area contributed by atoms with E-state index in [1.807, 2.05) is 6.92 Å². The van der Waals surface area contributed by atoms with E-state index in [0.29, 0.717) is 19.4 Å². The second kappa shape index (κ2) is 47.4. The number of ether oxygens (including phenoxy) is 2. The van der Waals surface area contributed by atoms with Crippen LogP contribution in [0.4, 0.5) is 0 Å². The third-order valence-corrected chi connectivity index (χ3v) is 11.1. The third-order valence-electron chi connectivity index (χ3n) is 9.73. The van der Waals surface area contributed by atoms with E-state index in [2.05, 4.69) is 19.5 Å². The minimum absolute atomic E-state index is 0. The van der Waals surface area contributed by atoms with Crippen LogP contribution in [-0.2, 0) is 33.4 Å². The Morgan fingerprint density at radius 1 is 0.534 bits per heavy atom.